The first kappa shape index (κ1) is 10.6. The molecule has 0 unspecified atom stereocenters. The minimum atomic E-state index is -1.09. The van der Waals surface area contributed by atoms with Crippen molar-refractivity contribution in [2.24, 2.45) is 0 Å². The fourth-order valence-electron chi connectivity index (χ4n) is 1.32. The molecule has 3 nitrogen and oxygen atoms in total. The van der Waals surface area contributed by atoms with Gasteiger partial charge in [0.15, 0.2) is 0 Å². The second-order valence-corrected chi connectivity index (χ2v) is 3.13. The molecule has 1 aromatic carbocycles. The molecule has 0 fully saturated rings. The van der Waals surface area contributed by atoms with Crippen LogP contribution in [-0.4, -0.2) is 11.1 Å². The van der Waals surface area contributed by atoms with E-state index in [1.807, 2.05) is 6.07 Å². The van der Waals surface area contributed by atoms with E-state index >= 15 is 0 Å². The van der Waals surface area contributed by atoms with Crippen molar-refractivity contribution in [3.05, 3.63) is 33.8 Å². The molecule has 0 bridgehead atoms. The van der Waals surface area contributed by atoms with Crippen LogP contribution in [0.5, 0.6) is 0 Å². The number of rotatable bonds is 2. The van der Waals surface area contributed by atoms with Crippen LogP contribution in [0.15, 0.2) is 12.1 Å². The molecule has 1 N–H and O–H groups in total. The van der Waals surface area contributed by atoms with Gasteiger partial charge in [-0.15, -0.1) is 0 Å². The number of carbonyl (C=O) groups is 1. The van der Waals surface area contributed by atoms with Crippen LogP contribution in [0, 0.1) is 11.3 Å². The number of hydrogen-bond donors (Lipinski definition) is 1. The highest BCUT2D eigenvalue weighted by Gasteiger charge is 2.16. The molecule has 0 aliphatic heterocycles. The summed E-state index contributed by atoms with van der Waals surface area (Å²) in [7, 11) is 0. The lowest BCUT2D eigenvalue weighted by Crippen LogP contribution is -2.05. The van der Waals surface area contributed by atoms with Crippen LogP contribution in [0.3, 0.4) is 0 Å². The van der Waals surface area contributed by atoms with E-state index in [2.05, 4.69) is 0 Å². The molecule has 14 heavy (non-hydrogen) atoms. The van der Waals surface area contributed by atoms with Crippen molar-refractivity contribution in [2.45, 2.75) is 13.3 Å². The number of carboxylic acids is 1. The van der Waals surface area contributed by atoms with E-state index in [0.717, 1.165) is 0 Å². The Balaban J connectivity index is 3.53. The Kier molecular flexibility index (Phi) is 3.10. The lowest BCUT2D eigenvalue weighted by Gasteiger charge is -2.07. The minimum Gasteiger partial charge on any atom is -0.478 e. The number of aromatic carboxylic acids is 1. The summed E-state index contributed by atoms with van der Waals surface area (Å²) in [5, 5.41) is 17.8. The molecule has 0 amide bonds. The van der Waals surface area contributed by atoms with Gasteiger partial charge in [-0.2, -0.15) is 5.26 Å². The standard InChI is InChI=1S/C10H8ClNO2/c1-2-7-6(5-12)3-4-8(11)9(7)10(13)14/h3-4H,2H2,1H3,(H,13,14). The van der Waals surface area contributed by atoms with Crippen LogP contribution in [0.25, 0.3) is 0 Å². The SMILES string of the molecule is CCc1c(C#N)ccc(Cl)c1C(=O)O. The number of halogens is 1. The number of nitriles is 1. The van der Waals surface area contributed by atoms with Crippen LogP contribution < -0.4 is 0 Å². The molecule has 0 spiro atoms. The third kappa shape index (κ3) is 1.70. The van der Waals surface area contributed by atoms with Crippen molar-refractivity contribution < 1.29 is 9.90 Å². The average Bonchev–Trinajstić information content (AvgIpc) is 2.16. The highest BCUT2D eigenvalue weighted by Crippen LogP contribution is 2.23. The van der Waals surface area contributed by atoms with E-state index in [9.17, 15) is 4.79 Å². The highest BCUT2D eigenvalue weighted by molar-refractivity contribution is 6.33. The van der Waals surface area contributed by atoms with Crippen molar-refractivity contribution in [2.75, 3.05) is 0 Å². The average molecular weight is 210 g/mol. The lowest BCUT2D eigenvalue weighted by molar-refractivity contribution is 0.0696. The van der Waals surface area contributed by atoms with Crippen molar-refractivity contribution in [3.8, 4) is 6.07 Å². The maximum absolute atomic E-state index is 10.9. The summed E-state index contributed by atoms with van der Waals surface area (Å²) in [4.78, 5) is 10.9. The van der Waals surface area contributed by atoms with Gasteiger partial charge in [-0.3, -0.25) is 0 Å². The zero-order chi connectivity index (χ0) is 10.7. The number of nitrogens with zero attached hydrogens (tertiary/aromatic N) is 1. The second kappa shape index (κ2) is 4.12. The molecule has 0 aliphatic rings. The molecule has 0 atom stereocenters. The maximum Gasteiger partial charge on any atom is 0.337 e. The van der Waals surface area contributed by atoms with Crippen molar-refractivity contribution in [1.82, 2.24) is 0 Å². The first-order chi connectivity index (χ1) is 6.61. The largest absolute Gasteiger partial charge is 0.478 e. The minimum absolute atomic E-state index is 0.0354. The fraction of sp³-hybridized carbons (Fsp3) is 0.200. The Hall–Kier alpha value is -1.53. The molecule has 4 heteroatoms. The second-order valence-electron chi connectivity index (χ2n) is 2.72. The van der Waals surface area contributed by atoms with Gasteiger partial charge < -0.3 is 5.11 Å². The van der Waals surface area contributed by atoms with Crippen molar-refractivity contribution in [3.63, 3.8) is 0 Å². The zero-order valence-corrected chi connectivity index (χ0v) is 8.30. The zero-order valence-electron chi connectivity index (χ0n) is 7.54. The summed E-state index contributed by atoms with van der Waals surface area (Å²) < 4.78 is 0. The normalized spacial score (nSPS) is 9.50. The molecule has 0 aromatic heterocycles. The predicted octanol–water partition coefficient (Wildman–Crippen LogP) is 2.47. The molecule has 72 valence electrons. The highest BCUT2D eigenvalue weighted by atomic mass is 35.5. The topological polar surface area (TPSA) is 61.1 Å². The monoisotopic (exact) mass is 209 g/mol. The Bertz CT molecular complexity index is 421. The van der Waals surface area contributed by atoms with Gasteiger partial charge in [0.2, 0.25) is 0 Å². The van der Waals surface area contributed by atoms with E-state index in [0.29, 0.717) is 17.5 Å². The molecular formula is C10H8ClNO2. The fourth-order valence-corrected chi connectivity index (χ4v) is 1.58. The first-order valence-electron chi connectivity index (χ1n) is 4.06. The van der Waals surface area contributed by atoms with Gasteiger partial charge in [0.05, 0.1) is 22.2 Å². The van der Waals surface area contributed by atoms with Crippen LogP contribution in [-0.2, 0) is 6.42 Å². The molecule has 0 heterocycles. The number of benzene rings is 1. The third-order valence-corrected chi connectivity index (χ3v) is 2.26. The van der Waals surface area contributed by atoms with E-state index in [-0.39, 0.29) is 10.6 Å². The number of carboxylic acid groups (broad SMARTS) is 1. The van der Waals surface area contributed by atoms with Crippen LogP contribution in [0.2, 0.25) is 5.02 Å². The first-order valence-corrected chi connectivity index (χ1v) is 4.44. The lowest BCUT2D eigenvalue weighted by atomic mass is 9.99. The molecule has 0 radical (unpaired) electrons. The van der Waals surface area contributed by atoms with E-state index in [1.165, 1.54) is 12.1 Å². The molecule has 0 aliphatic carbocycles. The molecule has 0 saturated carbocycles. The summed E-state index contributed by atoms with van der Waals surface area (Å²) in [6.07, 6.45) is 0.477. The summed E-state index contributed by atoms with van der Waals surface area (Å²) in [5.74, 6) is -1.09. The van der Waals surface area contributed by atoms with Crippen molar-refractivity contribution in [1.29, 1.82) is 5.26 Å². The van der Waals surface area contributed by atoms with Gasteiger partial charge in [0.1, 0.15) is 0 Å². The molecule has 0 saturated heterocycles. The van der Waals surface area contributed by atoms with Gasteiger partial charge >= 0.3 is 5.97 Å². The summed E-state index contributed by atoms with van der Waals surface area (Å²) >= 11 is 5.74. The quantitative estimate of drug-likeness (QED) is 0.814. The van der Waals surface area contributed by atoms with Gasteiger partial charge in [0, 0.05) is 0 Å². The van der Waals surface area contributed by atoms with Gasteiger partial charge in [-0.05, 0) is 24.1 Å². The van der Waals surface area contributed by atoms with E-state index in [1.54, 1.807) is 6.92 Å². The van der Waals surface area contributed by atoms with E-state index < -0.39 is 5.97 Å². The smallest absolute Gasteiger partial charge is 0.337 e. The van der Waals surface area contributed by atoms with Gasteiger partial charge in [-0.1, -0.05) is 18.5 Å². The Morgan fingerprint density at radius 3 is 2.71 bits per heavy atom. The maximum atomic E-state index is 10.9. The Morgan fingerprint density at radius 1 is 1.64 bits per heavy atom. The van der Waals surface area contributed by atoms with Gasteiger partial charge in [-0.25, -0.2) is 4.79 Å². The molecule has 1 rings (SSSR count). The van der Waals surface area contributed by atoms with E-state index in [4.69, 9.17) is 22.0 Å². The van der Waals surface area contributed by atoms with Crippen molar-refractivity contribution >= 4 is 17.6 Å². The van der Waals surface area contributed by atoms with Crippen LogP contribution in [0.4, 0.5) is 0 Å². The van der Waals surface area contributed by atoms with Gasteiger partial charge in [0.25, 0.3) is 0 Å². The summed E-state index contributed by atoms with van der Waals surface area (Å²) in [6, 6.07) is 4.92. The summed E-state index contributed by atoms with van der Waals surface area (Å²) in [6.45, 7) is 1.79. The molecule has 1 aromatic rings. The predicted molar refractivity (Wildman–Crippen MR) is 52.5 cm³/mol. The Morgan fingerprint density at radius 2 is 2.29 bits per heavy atom. The number of hydrogen-bond acceptors (Lipinski definition) is 2. The van der Waals surface area contributed by atoms with Crippen LogP contribution >= 0.6 is 11.6 Å². The third-order valence-electron chi connectivity index (χ3n) is 1.95. The summed E-state index contributed by atoms with van der Waals surface area (Å²) in [5.41, 5.74) is 0.898. The Labute approximate surface area is 86.5 Å². The van der Waals surface area contributed by atoms with Crippen LogP contribution in [0.1, 0.15) is 28.4 Å². The molecular weight excluding hydrogens is 202 g/mol.